The van der Waals surface area contributed by atoms with Crippen molar-refractivity contribution >= 4 is 11.6 Å². The molecule has 0 fully saturated rings. The van der Waals surface area contributed by atoms with Crippen molar-refractivity contribution in [3.05, 3.63) is 84.1 Å². The van der Waals surface area contributed by atoms with E-state index < -0.39 is 0 Å². The van der Waals surface area contributed by atoms with Gasteiger partial charge in [0.1, 0.15) is 23.8 Å². The summed E-state index contributed by atoms with van der Waals surface area (Å²) in [5.41, 5.74) is 3.47. The third-order valence-corrected chi connectivity index (χ3v) is 5.31. The Labute approximate surface area is 210 Å². The summed E-state index contributed by atoms with van der Waals surface area (Å²) in [7, 11) is 1.61. The van der Waals surface area contributed by atoms with Crippen molar-refractivity contribution in [3.63, 3.8) is 0 Å². The number of aromatic nitrogens is 2. The summed E-state index contributed by atoms with van der Waals surface area (Å²) in [5.74, 6) is 2.54. The van der Waals surface area contributed by atoms with Gasteiger partial charge in [-0.15, -0.1) is 0 Å². The molecule has 186 valence electrons. The van der Waals surface area contributed by atoms with Crippen LogP contribution in [0.4, 0.5) is 5.69 Å². The minimum absolute atomic E-state index is 0.289. The van der Waals surface area contributed by atoms with Gasteiger partial charge < -0.3 is 24.3 Å². The predicted molar refractivity (Wildman–Crippen MR) is 138 cm³/mol. The third-order valence-electron chi connectivity index (χ3n) is 5.31. The molecule has 0 saturated carbocycles. The SMILES string of the molecule is CCOc1ccc(COc2ccc(NC(=O)c3cc(-c4cccc(OC)c4)n[nH]3)cc2)cc1OCC. The first kappa shape index (κ1) is 24.7. The Bertz CT molecular complexity index is 1300. The van der Waals surface area contributed by atoms with Gasteiger partial charge in [-0.3, -0.25) is 9.89 Å². The van der Waals surface area contributed by atoms with Gasteiger partial charge in [-0.25, -0.2) is 0 Å². The van der Waals surface area contributed by atoms with Gasteiger partial charge in [0.05, 0.1) is 26.0 Å². The molecular weight excluding hydrogens is 458 g/mol. The molecule has 0 saturated heterocycles. The Morgan fingerprint density at radius 1 is 0.861 bits per heavy atom. The monoisotopic (exact) mass is 487 g/mol. The van der Waals surface area contributed by atoms with Crippen LogP contribution in [0.3, 0.4) is 0 Å². The second-order valence-electron chi connectivity index (χ2n) is 7.81. The van der Waals surface area contributed by atoms with E-state index in [0.717, 1.165) is 22.6 Å². The number of hydrogen-bond donors (Lipinski definition) is 2. The van der Waals surface area contributed by atoms with Gasteiger partial charge in [0.2, 0.25) is 0 Å². The first-order valence-electron chi connectivity index (χ1n) is 11.7. The Morgan fingerprint density at radius 3 is 2.39 bits per heavy atom. The zero-order valence-corrected chi connectivity index (χ0v) is 20.5. The van der Waals surface area contributed by atoms with Gasteiger partial charge in [-0.1, -0.05) is 18.2 Å². The molecular formula is C28H29N3O5. The van der Waals surface area contributed by atoms with E-state index in [2.05, 4.69) is 15.5 Å². The second-order valence-corrected chi connectivity index (χ2v) is 7.81. The number of hydrogen-bond acceptors (Lipinski definition) is 6. The third kappa shape index (κ3) is 6.15. The number of nitrogens with zero attached hydrogens (tertiary/aromatic N) is 1. The summed E-state index contributed by atoms with van der Waals surface area (Å²) >= 11 is 0. The molecule has 0 aliphatic carbocycles. The Morgan fingerprint density at radius 2 is 1.64 bits per heavy atom. The molecule has 0 atom stereocenters. The molecule has 4 aromatic rings. The molecule has 0 aliphatic rings. The average Bonchev–Trinajstić information content (AvgIpc) is 3.41. The van der Waals surface area contributed by atoms with Crippen molar-refractivity contribution in [3.8, 4) is 34.3 Å². The maximum Gasteiger partial charge on any atom is 0.273 e. The highest BCUT2D eigenvalue weighted by molar-refractivity contribution is 6.03. The molecule has 3 aromatic carbocycles. The first-order chi connectivity index (χ1) is 17.6. The van der Waals surface area contributed by atoms with E-state index >= 15 is 0 Å². The quantitative estimate of drug-likeness (QED) is 0.281. The van der Waals surface area contributed by atoms with Gasteiger partial charge in [0.15, 0.2) is 11.5 Å². The second kappa shape index (κ2) is 11.8. The van der Waals surface area contributed by atoms with Gasteiger partial charge in [0, 0.05) is 11.3 Å². The number of benzene rings is 3. The fourth-order valence-electron chi connectivity index (χ4n) is 3.55. The maximum atomic E-state index is 12.7. The maximum absolute atomic E-state index is 12.7. The van der Waals surface area contributed by atoms with E-state index in [1.165, 1.54) is 0 Å². The Hall–Kier alpha value is -4.46. The molecule has 0 bridgehead atoms. The van der Waals surface area contributed by atoms with Crippen molar-refractivity contribution in [2.75, 3.05) is 25.6 Å². The molecule has 2 N–H and O–H groups in total. The van der Waals surface area contributed by atoms with Crippen LogP contribution >= 0.6 is 0 Å². The largest absolute Gasteiger partial charge is 0.497 e. The van der Waals surface area contributed by atoms with E-state index in [0.29, 0.717) is 48.4 Å². The van der Waals surface area contributed by atoms with Crippen LogP contribution in [0.25, 0.3) is 11.3 Å². The van der Waals surface area contributed by atoms with Crippen molar-refractivity contribution in [2.45, 2.75) is 20.5 Å². The van der Waals surface area contributed by atoms with Gasteiger partial charge >= 0.3 is 0 Å². The molecule has 0 spiro atoms. The molecule has 1 aromatic heterocycles. The van der Waals surface area contributed by atoms with E-state index in [-0.39, 0.29) is 5.91 Å². The van der Waals surface area contributed by atoms with Crippen LogP contribution in [0.1, 0.15) is 29.9 Å². The van der Waals surface area contributed by atoms with Crippen LogP contribution in [-0.4, -0.2) is 36.4 Å². The molecule has 8 heteroatoms. The molecule has 1 heterocycles. The smallest absolute Gasteiger partial charge is 0.273 e. The van der Waals surface area contributed by atoms with E-state index in [1.54, 1.807) is 25.3 Å². The van der Waals surface area contributed by atoms with Crippen LogP contribution < -0.4 is 24.3 Å². The summed E-state index contributed by atoms with van der Waals surface area (Å²) in [5, 5.41) is 9.90. The predicted octanol–water partition coefficient (Wildman–Crippen LogP) is 5.71. The van der Waals surface area contributed by atoms with E-state index in [1.807, 2.05) is 68.4 Å². The van der Waals surface area contributed by atoms with Crippen LogP contribution in [0.2, 0.25) is 0 Å². The number of ether oxygens (including phenoxy) is 4. The standard InChI is InChI=1S/C28H29N3O5/c1-4-34-26-14-9-19(15-27(26)35-5-2)18-36-22-12-10-21(11-13-22)29-28(32)25-17-24(30-31-25)20-7-6-8-23(16-20)33-3/h6-17H,4-5,18H2,1-3H3,(H,29,32)(H,30,31). The highest BCUT2D eigenvalue weighted by Gasteiger charge is 2.12. The zero-order valence-electron chi connectivity index (χ0n) is 20.5. The number of nitrogens with one attached hydrogen (secondary N) is 2. The summed E-state index contributed by atoms with van der Waals surface area (Å²) in [6, 6.07) is 22.2. The van der Waals surface area contributed by atoms with Crippen molar-refractivity contribution in [2.24, 2.45) is 0 Å². The first-order valence-corrected chi connectivity index (χ1v) is 11.7. The molecule has 36 heavy (non-hydrogen) atoms. The lowest BCUT2D eigenvalue weighted by Gasteiger charge is -2.13. The minimum atomic E-state index is -0.289. The number of aromatic amines is 1. The number of anilines is 1. The molecule has 0 aliphatic heterocycles. The fraction of sp³-hybridized carbons (Fsp3) is 0.214. The highest BCUT2D eigenvalue weighted by Crippen LogP contribution is 2.29. The summed E-state index contributed by atoms with van der Waals surface area (Å²) in [6.45, 7) is 5.37. The van der Waals surface area contributed by atoms with E-state index in [4.69, 9.17) is 18.9 Å². The fourth-order valence-corrected chi connectivity index (χ4v) is 3.55. The normalized spacial score (nSPS) is 10.5. The summed E-state index contributed by atoms with van der Waals surface area (Å²) < 4.78 is 22.4. The van der Waals surface area contributed by atoms with Gasteiger partial charge in [-0.05, 0) is 74.0 Å². The lowest BCUT2D eigenvalue weighted by molar-refractivity contribution is 0.102. The number of rotatable bonds is 11. The number of carbonyl (C=O) groups is 1. The average molecular weight is 488 g/mol. The number of amides is 1. The Balaban J connectivity index is 1.35. The van der Waals surface area contributed by atoms with Gasteiger partial charge in [-0.2, -0.15) is 5.10 Å². The lowest BCUT2D eigenvalue weighted by atomic mass is 10.1. The number of H-pyrrole nitrogens is 1. The zero-order chi connectivity index (χ0) is 25.3. The van der Waals surface area contributed by atoms with Crippen LogP contribution in [0.15, 0.2) is 72.8 Å². The number of methoxy groups -OCH3 is 1. The Kier molecular flexibility index (Phi) is 8.08. The van der Waals surface area contributed by atoms with Gasteiger partial charge in [0.25, 0.3) is 5.91 Å². The lowest BCUT2D eigenvalue weighted by Crippen LogP contribution is -2.12. The van der Waals surface area contributed by atoms with Crippen LogP contribution in [0, 0.1) is 0 Å². The molecule has 1 amide bonds. The number of carbonyl (C=O) groups excluding carboxylic acids is 1. The molecule has 8 nitrogen and oxygen atoms in total. The summed E-state index contributed by atoms with van der Waals surface area (Å²) in [6.07, 6.45) is 0. The van der Waals surface area contributed by atoms with E-state index in [9.17, 15) is 4.79 Å². The molecule has 0 unspecified atom stereocenters. The summed E-state index contributed by atoms with van der Waals surface area (Å²) in [4.78, 5) is 12.7. The van der Waals surface area contributed by atoms with Crippen molar-refractivity contribution in [1.82, 2.24) is 10.2 Å². The molecule has 4 rings (SSSR count). The highest BCUT2D eigenvalue weighted by atomic mass is 16.5. The minimum Gasteiger partial charge on any atom is -0.497 e. The van der Waals surface area contributed by atoms with Crippen LogP contribution in [0.5, 0.6) is 23.0 Å². The van der Waals surface area contributed by atoms with Crippen LogP contribution in [-0.2, 0) is 6.61 Å². The molecule has 0 radical (unpaired) electrons. The van der Waals surface area contributed by atoms with Crippen molar-refractivity contribution < 1.29 is 23.7 Å². The van der Waals surface area contributed by atoms with Crippen molar-refractivity contribution in [1.29, 1.82) is 0 Å². The topological polar surface area (TPSA) is 94.7 Å².